The zero-order chi connectivity index (χ0) is 26.2. The fraction of sp³-hybridized carbons (Fsp3) is 0.385. The van der Waals surface area contributed by atoms with Crippen molar-refractivity contribution in [3.05, 3.63) is 54.4 Å². The van der Waals surface area contributed by atoms with E-state index in [1.165, 1.54) is 31.0 Å². The van der Waals surface area contributed by atoms with Crippen LogP contribution < -0.4 is 20.1 Å². The minimum atomic E-state index is -4.24. The molecule has 0 radical (unpaired) electrons. The van der Waals surface area contributed by atoms with Crippen molar-refractivity contribution in [1.82, 2.24) is 19.7 Å². The molecule has 2 fully saturated rings. The van der Waals surface area contributed by atoms with Gasteiger partial charge in [-0.3, -0.25) is 9.78 Å². The van der Waals surface area contributed by atoms with Crippen LogP contribution in [0.5, 0.6) is 5.75 Å². The number of anilines is 2. The molecule has 194 valence electrons. The number of nitrogens with one attached hydrogen (secondary N) is 1. The summed E-state index contributed by atoms with van der Waals surface area (Å²) in [5, 5.41) is -0.330. The first-order chi connectivity index (χ1) is 17.7. The monoisotopic (exact) mass is 522 g/mol. The molecule has 2 atom stereocenters. The van der Waals surface area contributed by atoms with Gasteiger partial charge in [-0.2, -0.15) is 8.42 Å². The number of pyridine rings is 3. The van der Waals surface area contributed by atoms with Gasteiger partial charge in [0, 0.05) is 23.8 Å². The highest BCUT2D eigenvalue weighted by atomic mass is 32.2. The molecule has 11 heteroatoms. The van der Waals surface area contributed by atoms with Crippen molar-refractivity contribution in [2.75, 3.05) is 17.2 Å². The first-order valence-electron chi connectivity index (χ1n) is 12.4. The van der Waals surface area contributed by atoms with Crippen molar-refractivity contribution in [2.45, 2.75) is 56.6 Å². The van der Waals surface area contributed by atoms with E-state index in [1.807, 2.05) is 6.07 Å². The predicted octanol–water partition coefficient (Wildman–Crippen LogP) is 3.41. The summed E-state index contributed by atoms with van der Waals surface area (Å²) in [4.78, 5) is 28.4. The lowest BCUT2D eigenvalue weighted by atomic mass is 10.1. The Balaban J connectivity index is 1.49. The molecular weight excluding hydrogens is 492 g/mol. The Labute approximate surface area is 216 Å². The Bertz CT molecular complexity index is 1420. The van der Waals surface area contributed by atoms with Crippen LogP contribution in [0.4, 0.5) is 11.6 Å². The van der Waals surface area contributed by atoms with Gasteiger partial charge >= 0.3 is 0 Å². The van der Waals surface area contributed by atoms with Crippen molar-refractivity contribution in [2.24, 2.45) is 5.92 Å². The normalized spacial score (nSPS) is 19.6. The highest BCUT2D eigenvalue weighted by molar-refractivity contribution is 7.90. The Hall–Kier alpha value is -3.73. The first-order valence-corrected chi connectivity index (χ1v) is 13.9. The molecule has 1 amide bonds. The summed E-state index contributed by atoms with van der Waals surface area (Å²) in [6, 6.07) is 9.65. The van der Waals surface area contributed by atoms with Gasteiger partial charge in [0.05, 0.1) is 24.1 Å². The zero-order valence-corrected chi connectivity index (χ0v) is 21.6. The number of ether oxygens (including phenoxy) is 1. The van der Waals surface area contributed by atoms with Gasteiger partial charge in [0.1, 0.15) is 17.4 Å². The van der Waals surface area contributed by atoms with E-state index in [1.54, 1.807) is 24.5 Å². The molecule has 37 heavy (non-hydrogen) atoms. The van der Waals surface area contributed by atoms with Crippen molar-refractivity contribution < 1.29 is 17.9 Å². The zero-order valence-electron chi connectivity index (χ0n) is 20.8. The largest absolute Gasteiger partial charge is 0.492 e. The van der Waals surface area contributed by atoms with Crippen molar-refractivity contribution in [1.29, 1.82) is 0 Å². The molecular formula is C26H30N6O4S. The van der Waals surface area contributed by atoms with E-state index in [0.717, 1.165) is 18.4 Å². The first kappa shape index (κ1) is 24.9. The Morgan fingerprint density at radius 3 is 2.54 bits per heavy atom. The number of nitrogens with two attached hydrogens (primary N) is 1. The Morgan fingerprint density at radius 2 is 1.84 bits per heavy atom. The molecule has 2 aliphatic rings. The van der Waals surface area contributed by atoms with E-state index < -0.39 is 15.9 Å². The van der Waals surface area contributed by atoms with Crippen LogP contribution in [0.25, 0.3) is 11.3 Å². The molecule has 0 spiro atoms. The number of carbonyl (C=O) groups excluding carboxylic acids is 1. The summed E-state index contributed by atoms with van der Waals surface area (Å²) in [6.07, 6.45) is 7.63. The van der Waals surface area contributed by atoms with E-state index in [0.29, 0.717) is 29.8 Å². The molecule has 4 heterocycles. The third-order valence-corrected chi connectivity index (χ3v) is 7.99. The SMILES string of the molecule is C[C@@H]1CC[C@H](C)N1c1nc(-c2cncc(OCC3CC3)c2)ccc1C(=O)NS(=O)(=O)c1cccc(N)n1. The fourth-order valence-electron chi connectivity index (χ4n) is 4.54. The van der Waals surface area contributed by atoms with Crippen LogP contribution in [-0.4, -0.2) is 48.0 Å². The van der Waals surface area contributed by atoms with Crippen LogP contribution in [0.3, 0.4) is 0 Å². The molecule has 10 nitrogen and oxygen atoms in total. The predicted molar refractivity (Wildman–Crippen MR) is 140 cm³/mol. The molecule has 3 aromatic rings. The Kier molecular flexibility index (Phi) is 6.72. The number of rotatable bonds is 8. The van der Waals surface area contributed by atoms with Crippen LogP contribution in [0.1, 0.15) is 49.9 Å². The molecule has 0 bridgehead atoms. The van der Waals surface area contributed by atoms with Crippen LogP contribution in [0.2, 0.25) is 0 Å². The summed E-state index contributed by atoms with van der Waals surface area (Å²) < 4.78 is 33.7. The second-order valence-electron chi connectivity index (χ2n) is 9.75. The maximum atomic E-state index is 13.3. The van der Waals surface area contributed by atoms with Crippen LogP contribution in [0, 0.1) is 5.92 Å². The van der Waals surface area contributed by atoms with Gasteiger partial charge in [0.15, 0.2) is 5.03 Å². The molecule has 3 aromatic heterocycles. The average Bonchev–Trinajstić information content (AvgIpc) is 3.65. The molecule has 1 aliphatic heterocycles. The Morgan fingerprint density at radius 1 is 1.08 bits per heavy atom. The number of hydrogen-bond acceptors (Lipinski definition) is 9. The van der Waals surface area contributed by atoms with E-state index in [2.05, 4.69) is 33.4 Å². The molecule has 1 saturated heterocycles. The van der Waals surface area contributed by atoms with Crippen molar-refractivity contribution in [3.8, 4) is 17.0 Å². The summed E-state index contributed by atoms with van der Waals surface area (Å²) >= 11 is 0. The van der Waals surface area contributed by atoms with Crippen molar-refractivity contribution >= 4 is 27.6 Å². The molecule has 5 rings (SSSR count). The van der Waals surface area contributed by atoms with Crippen LogP contribution in [0.15, 0.2) is 53.8 Å². The number of nitrogen functional groups attached to an aromatic ring is 1. The lowest BCUT2D eigenvalue weighted by Crippen LogP contribution is -2.37. The van der Waals surface area contributed by atoms with Gasteiger partial charge in [0.25, 0.3) is 15.9 Å². The number of sulfonamides is 1. The molecule has 0 aromatic carbocycles. The van der Waals surface area contributed by atoms with Crippen LogP contribution in [-0.2, 0) is 10.0 Å². The van der Waals surface area contributed by atoms with Gasteiger partial charge in [-0.25, -0.2) is 14.7 Å². The standard InChI is InChI=1S/C26H30N6O4S/c1-16-6-7-17(2)32(16)25-21(26(33)31-37(34,35)24-5-3-4-23(27)30-24)10-11-22(29-25)19-12-20(14-28-13-19)36-15-18-8-9-18/h3-5,10-14,16-18H,6-9,15H2,1-2H3,(H2,27,30)(H,31,33)/t16-,17+. The second-order valence-corrected chi connectivity index (χ2v) is 11.4. The number of hydrogen-bond donors (Lipinski definition) is 2. The quantitative estimate of drug-likeness (QED) is 0.455. The maximum Gasteiger partial charge on any atom is 0.281 e. The van der Waals surface area contributed by atoms with Gasteiger partial charge in [-0.05, 0) is 75.8 Å². The molecule has 1 saturated carbocycles. The van der Waals surface area contributed by atoms with E-state index in [9.17, 15) is 13.2 Å². The van der Waals surface area contributed by atoms with E-state index >= 15 is 0 Å². The number of aromatic nitrogens is 3. The highest BCUT2D eigenvalue weighted by Gasteiger charge is 2.33. The number of amides is 1. The molecule has 3 N–H and O–H groups in total. The average molecular weight is 523 g/mol. The van der Waals surface area contributed by atoms with E-state index in [4.69, 9.17) is 15.5 Å². The second kappa shape index (κ2) is 9.97. The van der Waals surface area contributed by atoms with Gasteiger partial charge < -0.3 is 15.4 Å². The fourth-order valence-corrected chi connectivity index (χ4v) is 5.48. The molecule has 1 aliphatic carbocycles. The number of carbonyl (C=O) groups is 1. The maximum absolute atomic E-state index is 13.3. The highest BCUT2D eigenvalue weighted by Crippen LogP contribution is 2.34. The lowest BCUT2D eigenvalue weighted by Gasteiger charge is -2.29. The number of nitrogens with zero attached hydrogens (tertiary/aromatic N) is 4. The third-order valence-electron chi connectivity index (χ3n) is 6.76. The van der Waals surface area contributed by atoms with Gasteiger partial charge in [-0.15, -0.1) is 0 Å². The van der Waals surface area contributed by atoms with Crippen molar-refractivity contribution in [3.63, 3.8) is 0 Å². The van der Waals surface area contributed by atoms with Gasteiger partial charge in [-0.1, -0.05) is 6.07 Å². The van der Waals surface area contributed by atoms with Crippen LogP contribution >= 0.6 is 0 Å². The topological polar surface area (TPSA) is 140 Å². The minimum Gasteiger partial charge on any atom is -0.492 e. The lowest BCUT2D eigenvalue weighted by molar-refractivity contribution is 0.0981. The molecule has 0 unspecified atom stereocenters. The smallest absolute Gasteiger partial charge is 0.281 e. The summed E-state index contributed by atoms with van der Waals surface area (Å²) in [7, 11) is -4.24. The van der Waals surface area contributed by atoms with Gasteiger partial charge in [0.2, 0.25) is 0 Å². The third kappa shape index (κ3) is 5.51. The summed E-state index contributed by atoms with van der Waals surface area (Å²) in [6.45, 7) is 4.81. The van der Waals surface area contributed by atoms with E-state index in [-0.39, 0.29) is 28.5 Å². The summed E-state index contributed by atoms with van der Waals surface area (Å²) in [5.74, 6) is 0.955. The minimum absolute atomic E-state index is 0.0405. The summed E-state index contributed by atoms with van der Waals surface area (Å²) in [5.41, 5.74) is 7.15.